The Labute approximate surface area is 134 Å². The first-order chi connectivity index (χ1) is 10.0. The Kier molecular flexibility index (Phi) is 3.17. The van der Waals surface area contributed by atoms with E-state index in [2.05, 4.69) is 28.9 Å². The fourth-order valence-electron chi connectivity index (χ4n) is 5.58. The van der Waals surface area contributed by atoms with Crippen LogP contribution >= 0.6 is 15.9 Å². The molecule has 2 fully saturated rings. The molecule has 0 bridgehead atoms. The van der Waals surface area contributed by atoms with E-state index in [1.54, 1.807) is 0 Å². The molecule has 2 saturated carbocycles. The molecule has 1 aromatic rings. The Balaban J connectivity index is 1.74. The van der Waals surface area contributed by atoms with Gasteiger partial charge >= 0.3 is 0 Å². The molecule has 0 unspecified atom stereocenters. The van der Waals surface area contributed by atoms with Crippen LogP contribution in [0.3, 0.4) is 0 Å². The van der Waals surface area contributed by atoms with Crippen molar-refractivity contribution in [3.8, 4) is 5.75 Å². The van der Waals surface area contributed by atoms with Crippen molar-refractivity contribution in [3.05, 3.63) is 27.7 Å². The Morgan fingerprint density at radius 1 is 1.19 bits per heavy atom. The minimum Gasteiger partial charge on any atom is -0.507 e. The summed E-state index contributed by atoms with van der Waals surface area (Å²) in [6.45, 7) is 2.31. The lowest BCUT2D eigenvalue weighted by Crippen LogP contribution is -2.43. The lowest BCUT2D eigenvalue weighted by molar-refractivity contribution is -0.0226. The first-order valence-corrected chi connectivity index (χ1v) is 9.00. The van der Waals surface area contributed by atoms with Crippen molar-refractivity contribution < 1.29 is 10.2 Å². The largest absolute Gasteiger partial charge is 0.507 e. The predicted octanol–water partition coefficient (Wildman–Crippen LogP) is 4.37. The molecule has 0 aromatic heterocycles. The van der Waals surface area contributed by atoms with Crippen molar-refractivity contribution in [2.45, 2.75) is 57.5 Å². The third-order valence-electron chi connectivity index (χ3n) is 6.77. The normalized spacial score (nSPS) is 41.3. The van der Waals surface area contributed by atoms with E-state index in [1.807, 2.05) is 6.07 Å². The van der Waals surface area contributed by atoms with Gasteiger partial charge in [0.2, 0.25) is 0 Å². The van der Waals surface area contributed by atoms with Crippen LogP contribution in [0.15, 0.2) is 16.6 Å². The van der Waals surface area contributed by atoms with Crippen molar-refractivity contribution in [1.82, 2.24) is 0 Å². The lowest BCUT2D eigenvalue weighted by Gasteiger charge is -2.50. The maximum absolute atomic E-state index is 10.4. The summed E-state index contributed by atoms with van der Waals surface area (Å²) in [5.41, 5.74) is 2.91. The highest BCUT2D eigenvalue weighted by Crippen LogP contribution is 2.61. The van der Waals surface area contributed by atoms with Crippen LogP contribution in [0, 0.1) is 17.3 Å². The third kappa shape index (κ3) is 1.86. The molecule has 114 valence electrons. The average Bonchev–Trinajstić information content (AvgIpc) is 2.78. The summed E-state index contributed by atoms with van der Waals surface area (Å²) < 4.78 is 0.901. The minimum atomic E-state index is -0.101. The van der Waals surface area contributed by atoms with Crippen LogP contribution in [0.2, 0.25) is 0 Å². The highest BCUT2D eigenvalue weighted by molar-refractivity contribution is 9.10. The highest BCUT2D eigenvalue weighted by atomic mass is 79.9. The van der Waals surface area contributed by atoms with Gasteiger partial charge in [-0.1, -0.05) is 13.0 Å². The molecule has 5 atom stereocenters. The molecule has 0 aliphatic heterocycles. The molecule has 21 heavy (non-hydrogen) atoms. The highest BCUT2D eigenvalue weighted by Gasteiger charge is 2.54. The Hall–Kier alpha value is -0.540. The zero-order valence-corrected chi connectivity index (χ0v) is 14.1. The standard InChI is InChI=1S/C18H23BrO2/c1-18-9-8-11-10-4-6-15(20)17(19)13(10)3-2-12(11)14(18)5-7-16(18)21/h4,6,11-12,14,16,20-21H,2-3,5,7-9H2,1H3/t11-,12-,14+,16-,18+/m1/s1. The van der Waals surface area contributed by atoms with E-state index in [9.17, 15) is 10.2 Å². The minimum absolute atomic E-state index is 0.101. The van der Waals surface area contributed by atoms with Crippen LogP contribution in [0.4, 0.5) is 0 Å². The second-order valence-corrected chi connectivity index (χ2v) is 8.31. The SMILES string of the molecule is C[C@]12CC[C@@H]3c4ccc(O)c(Br)c4CC[C@H]3[C@@H]1CC[C@H]2O. The van der Waals surface area contributed by atoms with Crippen molar-refractivity contribution in [1.29, 1.82) is 0 Å². The monoisotopic (exact) mass is 350 g/mol. The van der Waals surface area contributed by atoms with Crippen molar-refractivity contribution in [3.63, 3.8) is 0 Å². The van der Waals surface area contributed by atoms with Crippen molar-refractivity contribution >= 4 is 15.9 Å². The maximum atomic E-state index is 10.4. The quantitative estimate of drug-likeness (QED) is 0.729. The van der Waals surface area contributed by atoms with Gasteiger partial charge in [0.05, 0.1) is 10.6 Å². The van der Waals surface area contributed by atoms with Gasteiger partial charge in [0.15, 0.2) is 0 Å². The number of phenolic OH excluding ortho intramolecular Hbond substituents is 1. The van der Waals surface area contributed by atoms with Gasteiger partial charge in [-0.15, -0.1) is 0 Å². The van der Waals surface area contributed by atoms with E-state index in [-0.39, 0.29) is 11.5 Å². The van der Waals surface area contributed by atoms with E-state index in [0.717, 1.165) is 23.7 Å². The summed E-state index contributed by atoms with van der Waals surface area (Å²) >= 11 is 3.57. The lowest BCUT2D eigenvalue weighted by atomic mass is 9.55. The molecule has 0 saturated heterocycles. The molecular formula is C18H23BrO2. The zero-order chi connectivity index (χ0) is 14.8. The molecule has 0 amide bonds. The first kappa shape index (κ1) is 14.1. The molecule has 4 rings (SSSR count). The Bertz CT molecular complexity index is 585. The molecule has 0 radical (unpaired) electrons. The second-order valence-electron chi connectivity index (χ2n) is 7.52. The van der Waals surface area contributed by atoms with Crippen LogP contribution < -0.4 is 0 Å². The van der Waals surface area contributed by atoms with Crippen LogP contribution in [0.5, 0.6) is 5.75 Å². The number of aromatic hydroxyl groups is 1. The summed E-state index contributed by atoms with van der Waals surface area (Å²) in [6, 6.07) is 3.98. The van der Waals surface area contributed by atoms with Gasteiger partial charge < -0.3 is 10.2 Å². The average molecular weight is 351 g/mol. The number of aliphatic hydroxyl groups is 1. The van der Waals surface area contributed by atoms with Gasteiger partial charge in [-0.3, -0.25) is 0 Å². The zero-order valence-electron chi connectivity index (χ0n) is 12.5. The van der Waals surface area contributed by atoms with Gasteiger partial charge in [-0.25, -0.2) is 0 Å². The third-order valence-corrected chi connectivity index (χ3v) is 7.66. The summed E-state index contributed by atoms with van der Waals surface area (Å²) in [5, 5.41) is 20.3. The number of phenols is 1. The molecule has 3 heteroatoms. The maximum Gasteiger partial charge on any atom is 0.130 e. The number of rotatable bonds is 0. The molecule has 3 aliphatic rings. The molecule has 1 aromatic carbocycles. The van der Waals surface area contributed by atoms with Gasteiger partial charge in [-0.05, 0) is 94.8 Å². The fourth-order valence-corrected chi connectivity index (χ4v) is 6.14. The van der Waals surface area contributed by atoms with Crippen LogP contribution in [0.1, 0.15) is 56.1 Å². The van der Waals surface area contributed by atoms with E-state index in [4.69, 9.17) is 0 Å². The summed E-state index contributed by atoms with van der Waals surface area (Å²) in [5.74, 6) is 2.37. The Morgan fingerprint density at radius 3 is 2.81 bits per heavy atom. The summed E-state index contributed by atoms with van der Waals surface area (Å²) in [4.78, 5) is 0. The number of aliphatic hydroxyl groups excluding tert-OH is 1. The molecular weight excluding hydrogens is 328 g/mol. The van der Waals surface area contributed by atoms with Crippen LogP contribution in [0.25, 0.3) is 0 Å². The second kappa shape index (κ2) is 4.73. The molecule has 2 nitrogen and oxygen atoms in total. The van der Waals surface area contributed by atoms with Gasteiger partial charge in [0.25, 0.3) is 0 Å². The molecule has 0 spiro atoms. The predicted molar refractivity (Wildman–Crippen MR) is 86.4 cm³/mol. The molecule has 2 N–H and O–H groups in total. The topological polar surface area (TPSA) is 40.5 Å². The number of hydrogen-bond donors (Lipinski definition) is 2. The number of benzene rings is 1. The van der Waals surface area contributed by atoms with Crippen LogP contribution in [-0.2, 0) is 6.42 Å². The molecule has 3 aliphatic carbocycles. The van der Waals surface area contributed by atoms with Gasteiger partial charge in [0.1, 0.15) is 5.75 Å². The summed E-state index contributed by atoms with van der Waals surface area (Å²) in [7, 11) is 0. The van der Waals surface area contributed by atoms with E-state index in [0.29, 0.717) is 23.5 Å². The van der Waals surface area contributed by atoms with Crippen molar-refractivity contribution in [2.75, 3.05) is 0 Å². The first-order valence-electron chi connectivity index (χ1n) is 8.20. The molecule has 0 heterocycles. The summed E-state index contributed by atoms with van der Waals surface area (Å²) in [6.07, 6.45) is 6.64. The fraction of sp³-hybridized carbons (Fsp3) is 0.667. The van der Waals surface area contributed by atoms with E-state index >= 15 is 0 Å². The van der Waals surface area contributed by atoms with Gasteiger partial charge in [0, 0.05) is 0 Å². The smallest absolute Gasteiger partial charge is 0.130 e. The number of halogens is 1. The number of fused-ring (bicyclic) bond motifs is 5. The van der Waals surface area contributed by atoms with E-state index < -0.39 is 0 Å². The van der Waals surface area contributed by atoms with Crippen molar-refractivity contribution in [2.24, 2.45) is 17.3 Å². The number of hydrogen-bond acceptors (Lipinski definition) is 2. The Morgan fingerprint density at radius 2 is 2.00 bits per heavy atom. The van der Waals surface area contributed by atoms with Gasteiger partial charge in [-0.2, -0.15) is 0 Å². The van der Waals surface area contributed by atoms with E-state index in [1.165, 1.54) is 30.4 Å². The van der Waals surface area contributed by atoms with Crippen LogP contribution in [-0.4, -0.2) is 16.3 Å².